The standard InChI is InChI=1S/C11H13N3O3S2/c1-7-3-4-8-9(5-7)19(16,17)14-11(13-8)18-6-10(15)12-2/h3-5H,6H2,1-2H3,(H,12,15)(H,13,14). The van der Waals surface area contributed by atoms with Crippen LogP contribution in [0.5, 0.6) is 0 Å². The molecular weight excluding hydrogens is 286 g/mol. The number of nitrogens with one attached hydrogen (secondary N) is 2. The second-order valence-corrected chi connectivity index (χ2v) is 6.49. The lowest BCUT2D eigenvalue weighted by Crippen LogP contribution is -2.24. The van der Waals surface area contributed by atoms with E-state index in [0.717, 1.165) is 17.3 Å². The van der Waals surface area contributed by atoms with Gasteiger partial charge in [-0.25, -0.2) is 0 Å². The summed E-state index contributed by atoms with van der Waals surface area (Å²) >= 11 is 1.05. The van der Waals surface area contributed by atoms with Gasteiger partial charge in [0.2, 0.25) is 5.91 Å². The molecule has 1 heterocycles. The third-order valence-electron chi connectivity index (χ3n) is 2.48. The molecule has 1 aromatic rings. The lowest BCUT2D eigenvalue weighted by Gasteiger charge is -2.17. The minimum Gasteiger partial charge on any atom is -0.358 e. The van der Waals surface area contributed by atoms with Crippen molar-refractivity contribution in [1.29, 1.82) is 0 Å². The Morgan fingerprint density at radius 2 is 2.21 bits per heavy atom. The number of sulfonamides is 1. The van der Waals surface area contributed by atoms with E-state index in [-0.39, 0.29) is 21.7 Å². The number of hydrogen-bond acceptors (Lipinski definition) is 5. The lowest BCUT2D eigenvalue weighted by atomic mass is 10.2. The number of rotatable bonds is 2. The van der Waals surface area contributed by atoms with Gasteiger partial charge in [-0.2, -0.15) is 8.42 Å². The molecule has 0 saturated carbocycles. The van der Waals surface area contributed by atoms with Crippen molar-refractivity contribution in [2.45, 2.75) is 11.8 Å². The molecule has 0 unspecified atom stereocenters. The summed E-state index contributed by atoms with van der Waals surface area (Å²) in [5.41, 5.74) is 1.33. The van der Waals surface area contributed by atoms with E-state index in [1.807, 2.05) is 13.0 Å². The van der Waals surface area contributed by atoms with E-state index < -0.39 is 10.0 Å². The van der Waals surface area contributed by atoms with Crippen molar-refractivity contribution in [3.8, 4) is 0 Å². The van der Waals surface area contributed by atoms with Crippen LogP contribution in [0.15, 0.2) is 27.5 Å². The molecule has 0 aromatic heterocycles. The number of nitrogens with zero attached hydrogens (tertiary/aromatic N) is 1. The molecular formula is C11H13N3O3S2. The van der Waals surface area contributed by atoms with Crippen LogP contribution in [0, 0.1) is 6.92 Å². The van der Waals surface area contributed by atoms with Crippen LogP contribution in [0.2, 0.25) is 0 Å². The van der Waals surface area contributed by atoms with Gasteiger partial charge < -0.3 is 10.6 Å². The summed E-state index contributed by atoms with van der Waals surface area (Å²) in [7, 11) is -2.17. The fourth-order valence-corrected chi connectivity index (χ4v) is 3.70. The van der Waals surface area contributed by atoms with Crippen molar-refractivity contribution >= 4 is 38.5 Å². The first-order valence-corrected chi connectivity index (χ1v) is 7.91. The minimum atomic E-state index is -3.70. The summed E-state index contributed by atoms with van der Waals surface area (Å²) in [6.45, 7) is 1.81. The molecule has 0 bridgehead atoms. The van der Waals surface area contributed by atoms with E-state index in [9.17, 15) is 13.2 Å². The van der Waals surface area contributed by atoms with E-state index in [2.05, 4.69) is 15.0 Å². The molecule has 0 spiro atoms. The maximum absolute atomic E-state index is 12.0. The fraction of sp³-hybridized carbons (Fsp3) is 0.273. The number of carbonyl (C=O) groups excluding carboxylic acids is 1. The Labute approximate surface area is 115 Å². The van der Waals surface area contributed by atoms with Crippen LogP contribution in [0.3, 0.4) is 0 Å². The number of carbonyl (C=O) groups is 1. The molecule has 0 fully saturated rings. The maximum atomic E-state index is 12.0. The summed E-state index contributed by atoms with van der Waals surface area (Å²) in [4.78, 5) is 11.3. The molecule has 1 aromatic carbocycles. The Morgan fingerprint density at radius 1 is 1.47 bits per heavy atom. The van der Waals surface area contributed by atoms with E-state index in [1.165, 1.54) is 7.05 Å². The second-order valence-electron chi connectivity index (χ2n) is 3.96. The average molecular weight is 299 g/mol. The van der Waals surface area contributed by atoms with Gasteiger partial charge >= 0.3 is 0 Å². The molecule has 6 nitrogen and oxygen atoms in total. The first-order chi connectivity index (χ1) is 8.92. The van der Waals surface area contributed by atoms with Crippen molar-refractivity contribution < 1.29 is 13.2 Å². The number of aryl methyl sites for hydroxylation is 1. The van der Waals surface area contributed by atoms with Gasteiger partial charge in [-0.3, -0.25) is 4.79 Å². The summed E-state index contributed by atoms with van der Waals surface area (Å²) < 4.78 is 27.7. The van der Waals surface area contributed by atoms with Gasteiger partial charge in [0, 0.05) is 7.05 Å². The van der Waals surface area contributed by atoms with Crippen LogP contribution in [-0.2, 0) is 14.8 Å². The average Bonchev–Trinajstić information content (AvgIpc) is 2.36. The third-order valence-corrected chi connectivity index (χ3v) is 4.78. The van der Waals surface area contributed by atoms with Crippen molar-refractivity contribution in [3.63, 3.8) is 0 Å². The highest BCUT2D eigenvalue weighted by Gasteiger charge is 2.25. The Balaban J connectivity index is 2.27. The van der Waals surface area contributed by atoms with Crippen LogP contribution in [0.1, 0.15) is 5.56 Å². The van der Waals surface area contributed by atoms with Crippen LogP contribution in [-0.4, -0.2) is 32.3 Å². The van der Waals surface area contributed by atoms with Crippen LogP contribution < -0.4 is 10.6 Å². The molecule has 0 aliphatic carbocycles. The highest BCUT2D eigenvalue weighted by Crippen LogP contribution is 2.30. The van der Waals surface area contributed by atoms with E-state index in [4.69, 9.17) is 0 Å². The molecule has 1 aliphatic rings. The number of thioether (sulfide) groups is 1. The molecule has 2 rings (SSSR count). The molecule has 0 atom stereocenters. The summed E-state index contributed by atoms with van der Waals surface area (Å²) in [5.74, 6) is -0.0828. The first kappa shape index (κ1) is 13.9. The summed E-state index contributed by atoms with van der Waals surface area (Å²) in [6, 6.07) is 5.08. The van der Waals surface area contributed by atoms with Gasteiger partial charge in [-0.05, 0) is 24.6 Å². The smallest absolute Gasteiger partial charge is 0.286 e. The van der Waals surface area contributed by atoms with Crippen molar-refractivity contribution in [2.75, 3.05) is 18.1 Å². The zero-order chi connectivity index (χ0) is 14.0. The largest absolute Gasteiger partial charge is 0.358 e. The predicted molar refractivity (Wildman–Crippen MR) is 75.9 cm³/mol. The molecule has 102 valence electrons. The monoisotopic (exact) mass is 299 g/mol. The molecule has 19 heavy (non-hydrogen) atoms. The molecule has 1 aliphatic heterocycles. The molecule has 0 radical (unpaired) electrons. The lowest BCUT2D eigenvalue weighted by molar-refractivity contribution is -0.118. The SMILES string of the molecule is CNC(=O)CSC1=NS(=O)(=O)c2cc(C)ccc2N1. The van der Waals surface area contributed by atoms with Crippen LogP contribution in [0.4, 0.5) is 5.69 Å². The van der Waals surface area contributed by atoms with Gasteiger partial charge in [0.15, 0.2) is 5.17 Å². The van der Waals surface area contributed by atoms with Crippen molar-refractivity contribution in [3.05, 3.63) is 23.8 Å². The molecule has 2 N–H and O–H groups in total. The second kappa shape index (κ2) is 5.22. The molecule has 1 amide bonds. The van der Waals surface area contributed by atoms with Gasteiger partial charge in [0.25, 0.3) is 10.0 Å². The highest BCUT2D eigenvalue weighted by molar-refractivity contribution is 8.15. The van der Waals surface area contributed by atoms with E-state index in [1.54, 1.807) is 12.1 Å². The summed E-state index contributed by atoms with van der Waals surface area (Å²) in [6.07, 6.45) is 0. The number of amidine groups is 1. The van der Waals surface area contributed by atoms with Gasteiger partial charge in [-0.1, -0.05) is 17.8 Å². The minimum absolute atomic E-state index is 0.110. The number of benzene rings is 1. The Bertz CT molecular complexity index is 653. The Morgan fingerprint density at radius 3 is 2.89 bits per heavy atom. The van der Waals surface area contributed by atoms with Crippen molar-refractivity contribution in [2.24, 2.45) is 4.40 Å². The third kappa shape index (κ3) is 3.07. The Kier molecular flexibility index (Phi) is 3.81. The quantitative estimate of drug-likeness (QED) is 0.848. The van der Waals surface area contributed by atoms with Gasteiger partial charge in [-0.15, -0.1) is 4.40 Å². The summed E-state index contributed by atoms with van der Waals surface area (Å²) in [5, 5.41) is 5.58. The van der Waals surface area contributed by atoms with Crippen LogP contribution in [0.25, 0.3) is 0 Å². The number of amides is 1. The highest BCUT2D eigenvalue weighted by atomic mass is 32.2. The van der Waals surface area contributed by atoms with E-state index >= 15 is 0 Å². The first-order valence-electron chi connectivity index (χ1n) is 5.48. The Hall–Kier alpha value is -1.54. The van der Waals surface area contributed by atoms with Gasteiger partial charge in [0.05, 0.1) is 11.4 Å². The number of hydrogen-bond donors (Lipinski definition) is 2. The normalized spacial score (nSPS) is 16.0. The van der Waals surface area contributed by atoms with E-state index in [0.29, 0.717) is 5.69 Å². The number of anilines is 1. The zero-order valence-electron chi connectivity index (χ0n) is 10.4. The van der Waals surface area contributed by atoms with Crippen LogP contribution >= 0.6 is 11.8 Å². The zero-order valence-corrected chi connectivity index (χ0v) is 12.1. The predicted octanol–water partition coefficient (Wildman–Crippen LogP) is 0.944. The molecule has 0 saturated heterocycles. The van der Waals surface area contributed by atoms with Gasteiger partial charge in [0.1, 0.15) is 4.90 Å². The fourth-order valence-electron chi connectivity index (χ4n) is 1.51. The van der Waals surface area contributed by atoms with Crippen molar-refractivity contribution in [1.82, 2.24) is 5.32 Å². The maximum Gasteiger partial charge on any atom is 0.286 e. The molecule has 8 heteroatoms. The topological polar surface area (TPSA) is 87.6 Å². The number of fused-ring (bicyclic) bond motifs is 1.